The molecule has 0 fully saturated rings. The predicted molar refractivity (Wildman–Crippen MR) is 81.9 cm³/mol. The molecule has 2 heterocycles. The molecular weight excluding hydrogens is 272 g/mol. The van der Waals surface area contributed by atoms with Gasteiger partial charge in [-0.2, -0.15) is 0 Å². The van der Waals surface area contributed by atoms with Crippen molar-refractivity contribution in [3.8, 4) is 10.8 Å². The maximum Gasteiger partial charge on any atom is 0.165 e. The minimum Gasteiger partial charge on any atom is -0.462 e. The van der Waals surface area contributed by atoms with Gasteiger partial charge in [-0.25, -0.2) is 4.98 Å². The Hall–Kier alpha value is -1.17. The minimum absolute atomic E-state index is 0.0785. The molecule has 1 N–H and O–H groups in total. The van der Waals surface area contributed by atoms with Crippen LogP contribution in [-0.2, 0) is 17.9 Å². The normalized spacial score (nSPS) is 12.1. The molecule has 5 heteroatoms. The van der Waals surface area contributed by atoms with Crippen molar-refractivity contribution < 1.29 is 9.15 Å². The summed E-state index contributed by atoms with van der Waals surface area (Å²) in [5, 5.41) is 4.42. The molecule has 0 amide bonds. The highest BCUT2D eigenvalue weighted by Crippen LogP contribution is 2.31. The lowest BCUT2D eigenvalue weighted by atomic mass is 10.1. The van der Waals surface area contributed by atoms with Gasteiger partial charge in [0.1, 0.15) is 0 Å². The van der Waals surface area contributed by atoms with Crippen LogP contribution in [0.3, 0.4) is 0 Å². The number of rotatable bonds is 5. The van der Waals surface area contributed by atoms with Crippen LogP contribution >= 0.6 is 11.3 Å². The highest BCUT2D eigenvalue weighted by atomic mass is 32.1. The van der Waals surface area contributed by atoms with E-state index in [4.69, 9.17) is 9.15 Å². The van der Waals surface area contributed by atoms with E-state index in [0.29, 0.717) is 6.61 Å². The maximum absolute atomic E-state index is 5.53. The Kier molecular flexibility index (Phi) is 4.62. The van der Waals surface area contributed by atoms with Crippen LogP contribution in [0.15, 0.2) is 16.7 Å². The Bertz CT molecular complexity index is 567. The fraction of sp³-hybridized carbons (Fsp3) is 0.533. The summed E-state index contributed by atoms with van der Waals surface area (Å²) in [6.07, 6.45) is 1.70. The quantitative estimate of drug-likeness (QED) is 0.912. The second-order valence-corrected chi connectivity index (χ2v) is 6.94. The van der Waals surface area contributed by atoms with E-state index in [-0.39, 0.29) is 5.54 Å². The summed E-state index contributed by atoms with van der Waals surface area (Å²) in [5.41, 5.74) is 2.17. The molecular formula is C15H22N2O2S. The molecule has 0 saturated heterocycles. The number of nitrogens with zero attached hydrogens (tertiary/aromatic N) is 1. The summed E-state index contributed by atoms with van der Waals surface area (Å²) in [5.74, 6) is 0.856. The van der Waals surface area contributed by atoms with Crippen molar-refractivity contribution in [1.29, 1.82) is 0 Å². The fourth-order valence-electron chi connectivity index (χ4n) is 1.81. The monoisotopic (exact) mass is 294 g/mol. The van der Waals surface area contributed by atoms with Gasteiger partial charge in [0.2, 0.25) is 0 Å². The van der Waals surface area contributed by atoms with Crippen LogP contribution in [0.1, 0.15) is 36.9 Å². The summed E-state index contributed by atoms with van der Waals surface area (Å²) < 4.78 is 10.8. The zero-order chi connectivity index (χ0) is 14.8. The van der Waals surface area contributed by atoms with E-state index in [9.17, 15) is 0 Å². The van der Waals surface area contributed by atoms with Crippen LogP contribution in [0, 0.1) is 6.92 Å². The van der Waals surface area contributed by atoms with Crippen LogP contribution in [0.5, 0.6) is 0 Å². The molecule has 0 aliphatic carbocycles. The van der Waals surface area contributed by atoms with Gasteiger partial charge in [0.15, 0.2) is 10.8 Å². The average molecular weight is 294 g/mol. The van der Waals surface area contributed by atoms with Crippen LogP contribution in [0.4, 0.5) is 0 Å². The van der Waals surface area contributed by atoms with E-state index in [1.165, 1.54) is 4.88 Å². The number of hydrogen-bond donors (Lipinski definition) is 1. The van der Waals surface area contributed by atoms with Crippen molar-refractivity contribution in [2.75, 3.05) is 7.11 Å². The lowest BCUT2D eigenvalue weighted by Gasteiger charge is -2.20. The van der Waals surface area contributed by atoms with Crippen LogP contribution in [0.25, 0.3) is 10.8 Å². The molecule has 2 rings (SSSR count). The zero-order valence-corrected chi connectivity index (χ0v) is 13.6. The van der Waals surface area contributed by atoms with Gasteiger partial charge in [-0.15, -0.1) is 11.3 Å². The SMILES string of the molecule is COCc1nc(-c2occc2C)sc1CNC(C)(C)C. The van der Waals surface area contributed by atoms with E-state index >= 15 is 0 Å². The highest BCUT2D eigenvalue weighted by molar-refractivity contribution is 7.15. The first-order valence-electron chi connectivity index (χ1n) is 6.67. The van der Waals surface area contributed by atoms with Crippen molar-refractivity contribution in [3.05, 3.63) is 28.5 Å². The van der Waals surface area contributed by atoms with Crippen molar-refractivity contribution in [1.82, 2.24) is 10.3 Å². The molecule has 0 bridgehead atoms. The zero-order valence-electron chi connectivity index (χ0n) is 12.7. The number of hydrogen-bond acceptors (Lipinski definition) is 5. The van der Waals surface area contributed by atoms with E-state index in [1.807, 2.05) is 13.0 Å². The standard InChI is InChI=1S/C15H22N2O2S/c1-10-6-7-19-13(10)14-17-11(9-18-5)12(20-14)8-16-15(2,3)4/h6-7,16H,8-9H2,1-5H3. The van der Waals surface area contributed by atoms with Crippen LogP contribution in [0.2, 0.25) is 0 Å². The molecule has 2 aromatic rings. The van der Waals surface area contributed by atoms with Gasteiger partial charge in [0.05, 0.1) is 18.6 Å². The van der Waals surface area contributed by atoms with Crippen molar-refractivity contribution >= 4 is 11.3 Å². The molecule has 0 aliphatic heterocycles. The molecule has 0 unspecified atom stereocenters. The molecule has 4 nitrogen and oxygen atoms in total. The molecule has 0 aromatic carbocycles. The number of methoxy groups -OCH3 is 1. The first-order valence-corrected chi connectivity index (χ1v) is 7.49. The molecule has 0 saturated carbocycles. The third-order valence-corrected chi connectivity index (χ3v) is 3.99. The summed E-state index contributed by atoms with van der Waals surface area (Å²) in [7, 11) is 1.69. The van der Waals surface area contributed by atoms with E-state index in [0.717, 1.165) is 28.6 Å². The smallest absolute Gasteiger partial charge is 0.165 e. The molecule has 20 heavy (non-hydrogen) atoms. The highest BCUT2D eigenvalue weighted by Gasteiger charge is 2.17. The lowest BCUT2D eigenvalue weighted by molar-refractivity contribution is 0.181. The number of furan rings is 1. The molecule has 0 spiro atoms. The van der Waals surface area contributed by atoms with Gasteiger partial charge < -0.3 is 14.5 Å². The number of thiazole rings is 1. The number of nitrogens with one attached hydrogen (secondary N) is 1. The third kappa shape index (κ3) is 3.69. The Labute approximate surface area is 124 Å². The summed E-state index contributed by atoms with van der Waals surface area (Å²) in [4.78, 5) is 5.87. The molecule has 2 aromatic heterocycles. The largest absolute Gasteiger partial charge is 0.462 e. The van der Waals surface area contributed by atoms with Gasteiger partial charge in [-0.3, -0.25) is 0 Å². The Morgan fingerprint density at radius 2 is 2.15 bits per heavy atom. The van der Waals surface area contributed by atoms with Gasteiger partial charge >= 0.3 is 0 Å². The second-order valence-electron chi connectivity index (χ2n) is 5.86. The van der Waals surface area contributed by atoms with Gasteiger partial charge in [0.25, 0.3) is 0 Å². The topological polar surface area (TPSA) is 47.3 Å². The second kappa shape index (κ2) is 6.08. The number of aryl methyl sites for hydroxylation is 1. The summed E-state index contributed by atoms with van der Waals surface area (Å²) >= 11 is 1.66. The predicted octanol–water partition coefficient (Wildman–Crippen LogP) is 3.75. The first kappa shape index (κ1) is 15.2. The Morgan fingerprint density at radius 3 is 2.70 bits per heavy atom. The van der Waals surface area contributed by atoms with Gasteiger partial charge in [-0.1, -0.05) is 0 Å². The number of aromatic nitrogens is 1. The van der Waals surface area contributed by atoms with Crippen molar-refractivity contribution in [3.63, 3.8) is 0 Å². The van der Waals surface area contributed by atoms with E-state index in [2.05, 4.69) is 31.1 Å². The third-order valence-electron chi connectivity index (χ3n) is 2.89. The molecule has 110 valence electrons. The summed E-state index contributed by atoms with van der Waals surface area (Å²) in [6.45, 7) is 9.81. The van der Waals surface area contributed by atoms with Crippen LogP contribution in [-0.4, -0.2) is 17.6 Å². The van der Waals surface area contributed by atoms with E-state index < -0.39 is 0 Å². The number of ether oxygens (including phenoxy) is 1. The average Bonchev–Trinajstić information content (AvgIpc) is 2.92. The van der Waals surface area contributed by atoms with Crippen LogP contribution < -0.4 is 5.32 Å². The van der Waals surface area contributed by atoms with E-state index in [1.54, 1.807) is 24.7 Å². The molecule has 0 aliphatic rings. The van der Waals surface area contributed by atoms with Gasteiger partial charge in [0, 0.05) is 24.1 Å². The summed E-state index contributed by atoms with van der Waals surface area (Å²) in [6, 6.07) is 1.96. The Balaban J connectivity index is 2.26. The molecule has 0 radical (unpaired) electrons. The maximum atomic E-state index is 5.53. The van der Waals surface area contributed by atoms with Gasteiger partial charge in [-0.05, 0) is 39.3 Å². The molecule has 0 atom stereocenters. The minimum atomic E-state index is 0.0785. The first-order chi connectivity index (χ1) is 9.40. The fourth-order valence-corrected chi connectivity index (χ4v) is 2.86. The Morgan fingerprint density at radius 1 is 1.40 bits per heavy atom. The lowest BCUT2D eigenvalue weighted by Crippen LogP contribution is -2.35. The van der Waals surface area contributed by atoms with Crippen molar-refractivity contribution in [2.24, 2.45) is 0 Å². The van der Waals surface area contributed by atoms with Crippen molar-refractivity contribution in [2.45, 2.75) is 46.4 Å².